The summed E-state index contributed by atoms with van der Waals surface area (Å²) in [5.74, 6) is -2.12. The number of halogens is 2. The molecule has 0 unspecified atom stereocenters. The molecule has 0 aliphatic rings. The van der Waals surface area contributed by atoms with Gasteiger partial charge in [-0.25, -0.2) is 9.18 Å². The lowest BCUT2D eigenvalue weighted by Crippen LogP contribution is -2.24. The Kier molecular flexibility index (Phi) is 4.78. The summed E-state index contributed by atoms with van der Waals surface area (Å²) in [6, 6.07) is 8.83. The maximum Gasteiger partial charge on any atom is 0.342 e. The van der Waals surface area contributed by atoms with Crippen LogP contribution in [0.1, 0.15) is 27.6 Å². The van der Waals surface area contributed by atoms with Crippen molar-refractivity contribution in [2.24, 2.45) is 0 Å². The summed E-state index contributed by atoms with van der Waals surface area (Å²) in [7, 11) is 0. The van der Waals surface area contributed by atoms with Crippen LogP contribution in [0.5, 0.6) is 5.75 Å². The number of esters is 1. The molecule has 0 bridgehead atoms. The fraction of sp³-hybridized carbons (Fsp3) is 0.125. The van der Waals surface area contributed by atoms with E-state index in [0.29, 0.717) is 0 Å². The molecule has 2 rings (SSSR count). The zero-order chi connectivity index (χ0) is 16.3. The molecule has 114 valence electrons. The SMILES string of the molecule is C[C@@H](OC(=O)c1ccc(Cl)cc1O)C(=O)c1ccc(F)cc1. The van der Waals surface area contributed by atoms with Gasteiger partial charge < -0.3 is 9.84 Å². The Labute approximate surface area is 131 Å². The van der Waals surface area contributed by atoms with Gasteiger partial charge in [-0.3, -0.25) is 4.79 Å². The van der Waals surface area contributed by atoms with Gasteiger partial charge in [0, 0.05) is 10.6 Å². The summed E-state index contributed by atoms with van der Waals surface area (Å²) in [4.78, 5) is 24.0. The molecule has 0 radical (unpaired) electrons. The molecule has 0 aliphatic carbocycles. The number of carbonyl (C=O) groups excluding carboxylic acids is 2. The van der Waals surface area contributed by atoms with E-state index in [9.17, 15) is 19.1 Å². The topological polar surface area (TPSA) is 63.6 Å². The Bertz CT molecular complexity index is 713. The zero-order valence-electron chi connectivity index (χ0n) is 11.5. The highest BCUT2D eigenvalue weighted by molar-refractivity contribution is 6.30. The summed E-state index contributed by atoms with van der Waals surface area (Å²) in [5, 5.41) is 9.92. The van der Waals surface area contributed by atoms with Gasteiger partial charge in [-0.1, -0.05) is 11.6 Å². The van der Waals surface area contributed by atoms with Gasteiger partial charge in [-0.05, 0) is 49.4 Å². The summed E-state index contributed by atoms with van der Waals surface area (Å²) in [6.45, 7) is 1.40. The molecule has 1 N–H and O–H groups in total. The third-order valence-electron chi connectivity index (χ3n) is 2.96. The van der Waals surface area contributed by atoms with Gasteiger partial charge in [-0.2, -0.15) is 0 Å². The van der Waals surface area contributed by atoms with Crippen LogP contribution in [0.2, 0.25) is 5.02 Å². The molecule has 4 nitrogen and oxygen atoms in total. The highest BCUT2D eigenvalue weighted by atomic mass is 35.5. The summed E-state index contributed by atoms with van der Waals surface area (Å²) in [5.41, 5.74) is 0.130. The Balaban J connectivity index is 2.10. The normalized spacial score (nSPS) is 11.8. The van der Waals surface area contributed by atoms with E-state index in [1.54, 1.807) is 0 Å². The van der Waals surface area contributed by atoms with Crippen molar-refractivity contribution < 1.29 is 23.8 Å². The maximum absolute atomic E-state index is 12.8. The molecule has 2 aromatic carbocycles. The van der Waals surface area contributed by atoms with Gasteiger partial charge in [0.25, 0.3) is 0 Å². The molecule has 0 amide bonds. The van der Waals surface area contributed by atoms with Crippen molar-refractivity contribution >= 4 is 23.4 Å². The van der Waals surface area contributed by atoms with Gasteiger partial charge in [-0.15, -0.1) is 0 Å². The molecule has 0 heterocycles. The van der Waals surface area contributed by atoms with E-state index in [1.165, 1.54) is 37.3 Å². The van der Waals surface area contributed by atoms with E-state index >= 15 is 0 Å². The van der Waals surface area contributed by atoms with Gasteiger partial charge >= 0.3 is 5.97 Å². The van der Waals surface area contributed by atoms with E-state index in [4.69, 9.17) is 16.3 Å². The Morgan fingerprint density at radius 1 is 1.18 bits per heavy atom. The highest BCUT2D eigenvalue weighted by Gasteiger charge is 2.22. The number of benzene rings is 2. The number of phenolic OH excluding ortho intramolecular Hbond substituents is 1. The van der Waals surface area contributed by atoms with E-state index in [-0.39, 0.29) is 21.9 Å². The van der Waals surface area contributed by atoms with Crippen LogP contribution >= 0.6 is 11.6 Å². The van der Waals surface area contributed by atoms with Gasteiger partial charge in [0.2, 0.25) is 5.78 Å². The Morgan fingerprint density at radius 2 is 1.82 bits per heavy atom. The van der Waals surface area contributed by atoms with E-state index < -0.39 is 23.7 Å². The molecule has 1 atom stereocenters. The molecule has 0 aliphatic heterocycles. The lowest BCUT2D eigenvalue weighted by Gasteiger charge is -2.13. The molecule has 22 heavy (non-hydrogen) atoms. The zero-order valence-corrected chi connectivity index (χ0v) is 12.3. The van der Waals surface area contributed by atoms with Crippen molar-refractivity contribution in [2.45, 2.75) is 13.0 Å². The van der Waals surface area contributed by atoms with E-state index in [0.717, 1.165) is 12.1 Å². The monoisotopic (exact) mass is 322 g/mol. The minimum Gasteiger partial charge on any atom is -0.507 e. The van der Waals surface area contributed by atoms with Crippen LogP contribution in [0, 0.1) is 5.82 Å². The lowest BCUT2D eigenvalue weighted by atomic mass is 10.1. The van der Waals surface area contributed by atoms with Crippen LogP contribution in [0.4, 0.5) is 4.39 Å². The fourth-order valence-electron chi connectivity index (χ4n) is 1.80. The minimum absolute atomic E-state index is 0.0943. The third-order valence-corrected chi connectivity index (χ3v) is 3.20. The minimum atomic E-state index is -1.08. The van der Waals surface area contributed by atoms with Gasteiger partial charge in [0.1, 0.15) is 17.1 Å². The number of hydrogen-bond donors (Lipinski definition) is 1. The van der Waals surface area contributed by atoms with Crippen LogP contribution in [0.25, 0.3) is 0 Å². The molecule has 0 spiro atoms. The molecule has 0 aromatic heterocycles. The van der Waals surface area contributed by atoms with Gasteiger partial charge in [0.05, 0.1) is 0 Å². The highest BCUT2D eigenvalue weighted by Crippen LogP contribution is 2.23. The van der Waals surface area contributed by atoms with Crippen molar-refractivity contribution in [2.75, 3.05) is 0 Å². The molecule has 0 fully saturated rings. The van der Waals surface area contributed by atoms with Crippen LogP contribution in [0.3, 0.4) is 0 Å². The number of carbonyl (C=O) groups is 2. The van der Waals surface area contributed by atoms with Crippen molar-refractivity contribution in [3.8, 4) is 5.75 Å². The maximum atomic E-state index is 12.8. The number of ketones is 1. The number of hydrogen-bond acceptors (Lipinski definition) is 4. The average Bonchev–Trinajstić information content (AvgIpc) is 2.47. The van der Waals surface area contributed by atoms with Crippen LogP contribution in [-0.2, 0) is 4.74 Å². The summed E-state index contributed by atoms with van der Waals surface area (Å²) < 4.78 is 17.8. The second-order valence-corrected chi connectivity index (χ2v) is 5.02. The van der Waals surface area contributed by atoms with Gasteiger partial charge in [0.15, 0.2) is 6.10 Å². The van der Waals surface area contributed by atoms with Crippen molar-refractivity contribution in [1.82, 2.24) is 0 Å². The van der Waals surface area contributed by atoms with Crippen LogP contribution in [-0.4, -0.2) is 23.0 Å². The first-order chi connectivity index (χ1) is 10.4. The van der Waals surface area contributed by atoms with Crippen molar-refractivity contribution in [3.63, 3.8) is 0 Å². The lowest BCUT2D eigenvalue weighted by molar-refractivity contribution is 0.0316. The van der Waals surface area contributed by atoms with Crippen LogP contribution < -0.4 is 0 Å². The summed E-state index contributed by atoms with van der Waals surface area (Å²) in [6.07, 6.45) is -1.08. The average molecular weight is 323 g/mol. The number of rotatable bonds is 4. The molecular formula is C16H12ClFO4. The van der Waals surface area contributed by atoms with Crippen molar-refractivity contribution in [1.29, 1.82) is 0 Å². The smallest absolute Gasteiger partial charge is 0.342 e. The second-order valence-electron chi connectivity index (χ2n) is 4.58. The molecule has 0 saturated heterocycles. The Morgan fingerprint density at radius 3 is 2.41 bits per heavy atom. The Hall–Kier alpha value is -2.40. The second kappa shape index (κ2) is 6.58. The molecular weight excluding hydrogens is 311 g/mol. The first-order valence-electron chi connectivity index (χ1n) is 6.38. The quantitative estimate of drug-likeness (QED) is 0.690. The molecule has 2 aromatic rings. The first kappa shape index (κ1) is 16.0. The number of phenols is 1. The van der Waals surface area contributed by atoms with E-state index in [2.05, 4.69) is 0 Å². The van der Waals surface area contributed by atoms with E-state index in [1.807, 2.05) is 0 Å². The predicted octanol–water partition coefficient (Wildman–Crippen LogP) is 3.61. The third kappa shape index (κ3) is 3.62. The predicted molar refractivity (Wildman–Crippen MR) is 78.7 cm³/mol. The number of aromatic hydroxyl groups is 1. The van der Waals surface area contributed by atoms with Crippen molar-refractivity contribution in [3.05, 3.63) is 64.4 Å². The van der Waals surface area contributed by atoms with Crippen LogP contribution in [0.15, 0.2) is 42.5 Å². The largest absolute Gasteiger partial charge is 0.507 e. The fourth-order valence-corrected chi connectivity index (χ4v) is 1.97. The number of Topliss-reactive ketones (excluding diaryl/α,β-unsaturated/α-hetero) is 1. The first-order valence-corrected chi connectivity index (χ1v) is 6.75. The molecule has 0 saturated carbocycles. The number of ether oxygens (including phenoxy) is 1. The molecule has 6 heteroatoms. The standard InChI is InChI=1S/C16H12ClFO4/c1-9(15(20)10-2-5-12(18)6-3-10)22-16(21)13-7-4-11(17)8-14(13)19/h2-9,19H,1H3/t9-/m1/s1. The summed E-state index contributed by atoms with van der Waals surface area (Å²) >= 11 is 5.67.